The zero-order valence-corrected chi connectivity index (χ0v) is 8.13. The van der Waals surface area contributed by atoms with Gasteiger partial charge >= 0.3 is 0 Å². The second kappa shape index (κ2) is 3.37. The first-order chi connectivity index (χ1) is 7.43. The molecule has 0 unspecified atom stereocenters. The Bertz CT molecular complexity index is 522. The molecule has 0 radical (unpaired) electrons. The molecule has 15 heavy (non-hydrogen) atoms. The fourth-order valence-electron chi connectivity index (χ4n) is 1.63. The molecule has 0 amide bonds. The number of benzene rings is 1. The lowest BCUT2D eigenvalue weighted by Crippen LogP contribution is -2.12. The highest BCUT2D eigenvalue weighted by Crippen LogP contribution is 2.19. The number of rotatable bonds is 1. The minimum atomic E-state index is 0.620. The number of fused-ring (bicyclic) bond motifs is 1. The first kappa shape index (κ1) is 8.44. The maximum absolute atomic E-state index is 5.35. The average molecular weight is 198 g/mol. The van der Waals surface area contributed by atoms with Crippen LogP contribution in [0, 0.1) is 0 Å². The number of pyridine rings is 1. The zero-order valence-electron chi connectivity index (χ0n) is 8.13. The number of aromatic nitrogens is 1. The molecule has 74 valence electrons. The highest BCUT2D eigenvalue weighted by molar-refractivity contribution is 5.80. The summed E-state index contributed by atoms with van der Waals surface area (Å²) in [7, 11) is 0. The minimum absolute atomic E-state index is 0.620. The second-order valence-electron chi connectivity index (χ2n) is 3.37. The van der Waals surface area contributed by atoms with Gasteiger partial charge in [-0.1, -0.05) is 18.2 Å². The summed E-state index contributed by atoms with van der Waals surface area (Å²) in [6.07, 6.45) is 3.84. The summed E-state index contributed by atoms with van der Waals surface area (Å²) in [6.45, 7) is 0.620. The van der Waals surface area contributed by atoms with Gasteiger partial charge in [0.1, 0.15) is 0 Å². The number of anilines is 1. The van der Waals surface area contributed by atoms with Gasteiger partial charge in [-0.2, -0.15) is 0 Å². The monoisotopic (exact) mass is 198 g/mol. The van der Waals surface area contributed by atoms with Gasteiger partial charge < -0.3 is 0 Å². The van der Waals surface area contributed by atoms with Crippen LogP contribution in [0.15, 0.2) is 48.7 Å². The zero-order chi connectivity index (χ0) is 10.1. The van der Waals surface area contributed by atoms with Crippen molar-refractivity contribution in [1.82, 2.24) is 4.98 Å². The molecule has 0 atom stereocenters. The molecule has 1 aliphatic rings. The summed E-state index contributed by atoms with van der Waals surface area (Å²) in [4.78, 5) is 9.85. The summed E-state index contributed by atoms with van der Waals surface area (Å²) < 4.78 is 0. The molecule has 0 bridgehead atoms. The van der Waals surface area contributed by atoms with Crippen molar-refractivity contribution in [2.75, 3.05) is 11.7 Å². The lowest BCUT2D eigenvalue weighted by atomic mass is 10.2. The molecular weight excluding hydrogens is 188 g/mol. The predicted molar refractivity (Wildman–Crippen MR) is 59.3 cm³/mol. The highest BCUT2D eigenvalue weighted by atomic mass is 16.7. The first-order valence-corrected chi connectivity index (χ1v) is 4.88. The topological polar surface area (TPSA) is 25.4 Å². The molecule has 0 spiro atoms. The first-order valence-electron chi connectivity index (χ1n) is 4.88. The van der Waals surface area contributed by atoms with Gasteiger partial charge in [0.2, 0.25) is 0 Å². The maximum Gasteiger partial charge on any atom is 0.157 e. The van der Waals surface area contributed by atoms with Gasteiger partial charge in [-0.05, 0) is 24.3 Å². The standard InChI is InChI=1S/C12H10N2O/c1-2-5-11-10(4-1)6-7-12(13-11)14-8-3-9-15-14/h1-8H,9H2. The van der Waals surface area contributed by atoms with E-state index in [1.807, 2.05) is 48.7 Å². The van der Waals surface area contributed by atoms with E-state index in [-0.39, 0.29) is 0 Å². The van der Waals surface area contributed by atoms with E-state index in [4.69, 9.17) is 4.84 Å². The summed E-state index contributed by atoms with van der Waals surface area (Å²) in [5.74, 6) is 0.822. The Hall–Kier alpha value is -1.87. The lowest BCUT2D eigenvalue weighted by molar-refractivity contribution is 0.178. The minimum Gasteiger partial charge on any atom is -0.263 e. The molecular formula is C12H10N2O. The van der Waals surface area contributed by atoms with Gasteiger partial charge in [-0.15, -0.1) is 0 Å². The molecule has 3 heteroatoms. The van der Waals surface area contributed by atoms with E-state index in [0.717, 1.165) is 16.7 Å². The maximum atomic E-state index is 5.35. The molecule has 0 saturated heterocycles. The van der Waals surface area contributed by atoms with E-state index in [9.17, 15) is 0 Å². The molecule has 1 aromatic heterocycles. The molecule has 0 aliphatic carbocycles. The summed E-state index contributed by atoms with van der Waals surface area (Å²) >= 11 is 0. The Balaban J connectivity index is 2.09. The van der Waals surface area contributed by atoms with Gasteiger partial charge in [0.05, 0.1) is 12.1 Å². The van der Waals surface area contributed by atoms with Crippen LogP contribution in [0.25, 0.3) is 10.9 Å². The van der Waals surface area contributed by atoms with Crippen molar-refractivity contribution >= 4 is 16.7 Å². The summed E-state index contributed by atoms with van der Waals surface area (Å²) in [6, 6.07) is 12.0. The van der Waals surface area contributed by atoms with E-state index in [0.29, 0.717) is 6.61 Å². The Kier molecular flexibility index (Phi) is 1.89. The van der Waals surface area contributed by atoms with Crippen LogP contribution in [-0.4, -0.2) is 11.6 Å². The number of hydrogen-bond acceptors (Lipinski definition) is 3. The van der Waals surface area contributed by atoms with Crippen LogP contribution in [0.4, 0.5) is 5.82 Å². The van der Waals surface area contributed by atoms with Gasteiger partial charge in [-0.25, -0.2) is 10.0 Å². The normalized spacial score (nSPS) is 15.1. The van der Waals surface area contributed by atoms with Crippen LogP contribution < -0.4 is 5.06 Å². The number of nitrogens with zero attached hydrogens (tertiary/aromatic N) is 2. The SMILES string of the molecule is C1=CN(c2ccc3ccccc3n2)OC1. The third kappa shape index (κ3) is 1.47. The van der Waals surface area contributed by atoms with Crippen LogP contribution in [0.3, 0.4) is 0 Å². The highest BCUT2D eigenvalue weighted by Gasteiger charge is 2.09. The molecule has 3 nitrogen and oxygen atoms in total. The number of hydrogen-bond donors (Lipinski definition) is 0. The van der Waals surface area contributed by atoms with Crippen molar-refractivity contribution in [1.29, 1.82) is 0 Å². The molecule has 2 aromatic rings. The second-order valence-corrected chi connectivity index (χ2v) is 3.37. The molecule has 1 aromatic carbocycles. The largest absolute Gasteiger partial charge is 0.263 e. The molecule has 2 heterocycles. The molecule has 0 fully saturated rings. The van der Waals surface area contributed by atoms with Crippen molar-refractivity contribution in [3.63, 3.8) is 0 Å². The van der Waals surface area contributed by atoms with E-state index >= 15 is 0 Å². The van der Waals surface area contributed by atoms with Crippen LogP contribution in [-0.2, 0) is 4.84 Å². The van der Waals surface area contributed by atoms with Crippen molar-refractivity contribution in [2.45, 2.75) is 0 Å². The third-order valence-corrected chi connectivity index (χ3v) is 2.36. The Labute approximate surface area is 87.6 Å². The van der Waals surface area contributed by atoms with E-state index in [2.05, 4.69) is 4.98 Å². The van der Waals surface area contributed by atoms with Gasteiger partial charge in [0.25, 0.3) is 0 Å². The van der Waals surface area contributed by atoms with Crippen LogP contribution in [0.1, 0.15) is 0 Å². The Morgan fingerprint density at radius 2 is 2.07 bits per heavy atom. The van der Waals surface area contributed by atoms with Crippen molar-refractivity contribution in [3.8, 4) is 0 Å². The fourth-order valence-corrected chi connectivity index (χ4v) is 1.63. The van der Waals surface area contributed by atoms with Crippen LogP contribution in [0.2, 0.25) is 0 Å². The molecule has 0 saturated carbocycles. The van der Waals surface area contributed by atoms with Crippen molar-refractivity contribution in [2.24, 2.45) is 0 Å². The number of para-hydroxylation sites is 1. The van der Waals surface area contributed by atoms with E-state index in [1.165, 1.54) is 0 Å². The average Bonchev–Trinajstić information content (AvgIpc) is 2.82. The van der Waals surface area contributed by atoms with Gasteiger partial charge in [-0.3, -0.25) is 4.84 Å². The van der Waals surface area contributed by atoms with E-state index in [1.54, 1.807) is 5.06 Å². The number of hydroxylamine groups is 1. The van der Waals surface area contributed by atoms with E-state index < -0.39 is 0 Å². The van der Waals surface area contributed by atoms with Crippen LogP contribution in [0.5, 0.6) is 0 Å². The van der Waals surface area contributed by atoms with Crippen molar-refractivity contribution in [3.05, 3.63) is 48.7 Å². The predicted octanol–water partition coefficient (Wildman–Crippen LogP) is 2.50. The smallest absolute Gasteiger partial charge is 0.157 e. The molecule has 3 rings (SSSR count). The fraction of sp³-hybridized carbons (Fsp3) is 0.0833. The quantitative estimate of drug-likeness (QED) is 0.704. The summed E-state index contributed by atoms with van der Waals surface area (Å²) in [5.41, 5.74) is 0.985. The Morgan fingerprint density at radius 1 is 1.13 bits per heavy atom. The summed E-state index contributed by atoms with van der Waals surface area (Å²) in [5, 5.41) is 2.83. The van der Waals surface area contributed by atoms with Gasteiger partial charge in [0, 0.05) is 11.6 Å². The molecule has 0 N–H and O–H groups in total. The van der Waals surface area contributed by atoms with Gasteiger partial charge in [0.15, 0.2) is 5.82 Å². The van der Waals surface area contributed by atoms with Crippen LogP contribution >= 0.6 is 0 Å². The molecule has 1 aliphatic heterocycles. The van der Waals surface area contributed by atoms with Crippen molar-refractivity contribution < 1.29 is 4.84 Å². The third-order valence-electron chi connectivity index (χ3n) is 2.36. The Morgan fingerprint density at radius 3 is 2.93 bits per heavy atom. The lowest BCUT2D eigenvalue weighted by Gasteiger charge is -2.13.